The number of aromatic nitrogens is 2. The van der Waals surface area contributed by atoms with Crippen LogP contribution >= 0.6 is 15.9 Å². The Bertz CT molecular complexity index is 603. The van der Waals surface area contributed by atoms with Crippen molar-refractivity contribution in [3.8, 4) is 5.69 Å². The van der Waals surface area contributed by atoms with Crippen molar-refractivity contribution in [2.45, 2.75) is 0 Å². The van der Waals surface area contributed by atoms with Gasteiger partial charge in [-0.05, 0) is 9.95 Å². The Kier molecular flexibility index (Phi) is 2.57. The van der Waals surface area contributed by atoms with Crippen LogP contribution in [0.15, 0.2) is 38.2 Å². The van der Waals surface area contributed by atoms with Gasteiger partial charge in [0.15, 0.2) is 0 Å². The molecule has 2 aromatic rings. The molecule has 1 aromatic carbocycles. The zero-order chi connectivity index (χ0) is 11.7. The average molecular weight is 287 g/mol. The van der Waals surface area contributed by atoms with E-state index >= 15 is 0 Å². The number of nitrogens with zero attached hydrogens (tertiary/aromatic N) is 2. The zero-order valence-electron chi connectivity index (χ0n) is 7.71. The van der Waals surface area contributed by atoms with Gasteiger partial charge >= 0.3 is 21.6 Å². The van der Waals surface area contributed by atoms with Crippen molar-refractivity contribution >= 4 is 21.6 Å². The maximum absolute atomic E-state index is 11.1. The number of nitro benzene ring substituents is 1. The lowest BCUT2D eigenvalue weighted by Gasteiger charge is -1.92. The minimum Gasteiger partial charge on any atom is -0.282 e. The molecule has 0 spiro atoms. The fraction of sp³-hybridized carbons (Fsp3) is 0. The van der Waals surface area contributed by atoms with Crippen LogP contribution in [0.2, 0.25) is 0 Å². The molecule has 0 amide bonds. The topological polar surface area (TPSA) is 93.0 Å². The lowest BCUT2D eigenvalue weighted by Crippen LogP contribution is -2.35. The van der Waals surface area contributed by atoms with E-state index in [2.05, 4.69) is 25.7 Å². The fourth-order valence-electron chi connectivity index (χ4n) is 1.22. The minimum absolute atomic E-state index is 0.0572. The van der Waals surface area contributed by atoms with Crippen LogP contribution in [-0.2, 0) is 0 Å². The second-order valence-corrected chi connectivity index (χ2v) is 3.60. The van der Waals surface area contributed by atoms with Gasteiger partial charge in [0.25, 0.3) is 0 Å². The van der Waals surface area contributed by atoms with E-state index in [0.717, 1.165) is 4.68 Å². The van der Waals surface area contributed by atoms with Crippen LogP contribution in [0.4, 0.5) is 5.69 Å². The van der Waals surface area contributed by atoms with Gasteiger partial charge < -0.3 is 0 Å². The number of rotatable bonds is 2. The van der Waals surface area contributed by atoms with Crippen LogP contribution in [0.3, 0.4) is 0 Å². The van der Waals surface area contributed by atoms with E-state index in [1.807, 2.05) is 0 Å². The lowest BCUT2D eigenvalue weighted by atomic mass is 10.3. The molecule has 16 heavy (non-hydrogen) atoms. The van der Waals surface area contributed by atoms with Crippen LogP contribution in [0.5, 0.6) is 0 Å². The molecule has 8 heteroatoms. The van der Waals surface area contributed by atoms with Gasteiger partial charge in [0.1, 0.15) is 0 Å². The van der Waals surface area contributed by atoms with Crippen LogP contribution in [0.25, 0.3) is 5.69 Å². The highest BCUT2D eigenvalue weighted by Gasteiger charge is 2.28. The van der Waals surface area contributed by atoms with Gasteiger partial charge in [0, 0.05) is 28.1 Å². The number of hydrogen-bond donors (Lipinski definition) is 1. The third kappa shape index (κ3) is 1.63. The largest absolute Gasteiger partial charge is 0.442 e. The van der Waals surface area contributed by atoms with Crippen molar-refractivity contribution in [3.05, 3.63) is 49.4 Å². The van der Waals surface area contributed by atoms with Gasteiger partial charge in [-0.2, -0.15) is 0 Å². The molecule has 2 rings (SSSR count). The normalized spacial score (nSPS) is 10.3. The Morgan fingerprint density at radius 2 is 2.12 bits per heavy atom. The van der Waals surface area contributed by atoms with Crippen molar-refractivity contribution in [3.63, 3.8) is 0 Å². The van der Waals surface area contributed by atoms with E-state index in [-0.39, 0.29) is 16.0 Å². The third-order valence-electron chi connectivity index (χ3n) is 1.91. The Hall–Kier alpha value is -1.96. The smallest absolute Gasteiger partial charge is 0.282 e. The Balaban J connectivity index is 2.69. The first kappa shape index (κ1) is 10.6. The molecule has 0 atom stereocenters. The molecule has 0 unspecified atom stereocenters. The quantitative estimate of drug-likeness (QED) is 0.505. The molecule has 1 N–H and O–H groups in total. The Morgan fingerprint density at radius 3 is 2.69 bits per heavy atom. The Morgan fingerprint density at radius 1 is 1.44 bits per heavy atom. The molecule has 0 bridgehead atoms. The first-order chi connectivity index (χ1) is 7.61. The monoisotopic (exact) mass is 286 g/mol. The molecular formula is C8H5BrN3O4+. The average Bonchev–Trinajstić information content (AvgIpc) is 2.60. The van der Waals surface area contributed by atoms with Gasteiger partial charge in [0.05, 0.1) is 4.92 Å². The molecule has 0 aliphatic rings. The van der Waals surface area contributed by atoms with E-state index in [4.69, 9.17) is 0 Å². The first-order valence-corrected chi connectivity index (χ1v) is 4.93. The summed E-state index contributed by atoms with van der Waals surface area (Å²) in [5, 5.41) is 13.0. The number of aromatic amines is 1. The minimum atomic E-state index is -0.641. The van der Waals surface area contributed by atoms with Gasteiger partial charge in [-0.25, -0.2) is 4.79 Å². The fourth-order valence-corrected chi connectivity index (χ4v) is 1.57. The zero-order valence-corrected chi connectivity index (χ0v) is 9.30. The van der Waals surface area contributed by atoms with Crippen molar-refractivity contribution in [1.29, 1.82) is 0 Å². The first-order valence-electron chi connectivity index (χ1n) is 4.14. The molecule has 0 saturated carbocycles. The van der Waals surface area contributed by atoms with Gasteiger partial charge in [-0.3, -0.25) is 14.6 Å². The van der Waals surface area contributed by atoms with Crippen molar-refractivity contribution in [1.82, 2.24) is 5.27 Å². The highest BCUT2D eigenvalue weighted by atomic mass is 79.9. The summed E-state index contributed by atoms with van der Waals surface area (Å²) in [6.45, 7) is 0. The molecule has 0 saturated heterocycles. The maximum atomic E-state index is 11.1. The molecule has 1 aromatic heterocycles. The van der Waals surface area contributed by atoms with Gasteiger partial charge in [0.2, 0.25) is 0 Å². The number of nitro groups is 1. The maximum Gasteiger partial charge on any atom is 0.442 e. The SMILES string of the molecule is O=c1o[nH][n+](-c2ccccc2[N+](=O)[O-])c1Br. The number of halogens is 1. The number of para-hydroxylation sites is 2. The van der Waals surface area contributed by atoms with E-state index in [9.17, 15) is 14.9 Å². The predicted octanol–water partition coefficient (Wildman–Crippen LogP) is 0.915. The summed E-state index contributed by atoms with van der Waals surface area (Å²) in [5.74, 6) is 0. The summed E-state index contributed by atoms with van der Waals surface area (Å²) in [6.07, 6.45) is 0. The molecule has 7 nitrogen and oxygen atoms in total. The second-order valence-electron chi connectivity index (χ2n) is 2.85. The Labute approximate surface area is 96.5 Å². The van der Waals surface area contributed by atoms with Crippen LogP contribution < -0.4 is 10.3 Å². The van der Waals surface area contributed by atoms with Gasteiger partial charge in [-0.1, -0.05) is 12.1 Å². The number of H-pyrrole nitrogens is 1. The second kappa shape index (κ2) is 3.89. The molecule has 0 aliphatic carbocycles. The van der Waals surface area contributed by atoms with E-state index in [0.29, 0.717) is 0 Å². The van der Waals surface area contributed by atoms with Gasteiger partial charge in [-0.15, -0.1) is 0 Å². The molecule has 82 valence electrons. The highest BCUT2D eigenvalue weighted by molar-refractivity contribution is 9.10. The third-order valence-corrected chi connectivity index (χ3v) is 2.59. The standard InChI is InChI=1S/C8H4BrN3O4/c9-7-8(13)16-10-11(7)5-3-1-2-4-6(5)12(14)15/h1-4H/p+1. The van der Waals surface area contributed by atoms with E-state index < -0.39 is 10.5 Å². The summed E-state index contributed by atoms with van der Waals surface area (Å²) in [7, 11) is 0. The molecular weight excluding hydrogens is 282 g/mol. The van der Waals surface area contributed by atoms with Crippen LogP contribution in [0.1, 0.15) is 0 Å². The summed E-state index contributed by atoms with van der Waals surface area (Å²) >= 11 is 2.97. The lowest BCUT2D eigenvalue weighted by molar-refractivity contribution is -0.683. The molecule has 1 heterocycles. The number of benzene rings is 1. The van der Waals surface area contributed by atoms with Crippen molar-refractivity contribution in [2.75, 3.05) is 0 Å². The molecule has 0 radical (unpaired) electrons. The van der Waals surface area contributed by atoms with E-state index in [1.165, 1.54) is 18.2 Å². The summed E-state index contributed by atoms with van der Waals surface area (Å²) in [5.41, 5.74) is -0.561. The summed E-state index contributed by atoms with van der Waals surface area (Å²) < 4.78 is 5.71. The van der Waals surface area contributed by atoms with Crippen molar-refractivity contribution < 1.29 is 14.1 Å². The molecule has 0 aliphatic heterocycles. The number of nitrogens with one attached hydrogen (secondary N) is 1. The van der Waals surface area contributed by atoms with Crippen LogP contribution in [-0.4, -0.2) is 10.2 Å². The molecule has 0 fully saturated rings. The summed E-state index contributed by atoms with van der Waals surface area (Å²) in [6, 6.07) is 5.98. The van der Waals surface area contributed by atoms with Crippen LogP contribution in [0, 0.1) is 10.1 Å². The van der Waals surface area contributed by atoms with Crippen molar-refractivity contribution in [2.24, 2.45) is 0 Å². The predicted molar refractivity (Wildman–Crippen MR) is 55.2 cm³/mol. The van der Waals surface area contributed by atoms with E-state index in [1.54, 1.807) is 6.07 Å². The summed E-state index contributed by atoms with van der Waals surface area (Å²) in [4.78, 5) is 21.3. The highest BCUT2D eigenvalue weighted by Crippen LogP contribution is 2.17. The number of hydrogen-bond acceptors (Lipinski definition) is 4.